The second-order valence-electron chi connectivity index (χ2n) is 9.02. The molecule has 2 fully saturated rings. The van der Waals surface area contributed by atoms with Crippen LogP contribution in [-0.4, -0.2) is 57.3 Å². The minimum atomic E-state index is -0.310. The minimum absolute atomic E-state index is 0.0730. The van der Waals surface area contributed by atoms with Crippen molar-refractivity contribution < 1.29 is 19.1 Å². The largest absolute Gasteiger partial charge is 0.495 e. The monoisotopic (exact) mass is 487 g/mol. The van der Waals surface area contributed by atoms with E-state index in [1.165, 1.54) is 31.1 Å². The number of halogens is 1. The summed E-state index contributed by atoms with van der Waals surface area (Å²) in [7, 11) is 3.06. The van der Waals surface area contributed by atoms with Crippen LogP contribution in [0.4, 0.5) is 5.69 Å². The second kappa shape index (κ2) is 10.8. The summed E-state index contributed by atoms with van der Waals surface area (Å²) in [5, 5.41) is 0.639. The molecule has 2 aliphatic heterocycles. The Kier molecular flexibility index (Phi) is 7.86. The Morgan fingerprint density at radius 2 is 1.91 bits per heavy atom. The van der Waals surface area contributed by atoms with Crippen LogP contribution >= 0.6 is 11.6 Å². The molecule has 0 spiro atoms. The number of piperazine rings is 1. The number of nitrogens with zero attached hydrogens (tertiary/aromatic N) is 2. The van der Waals surface area contributed by atoms with Gasteiger partial charge >= 0.3 is 0 Å². The topological polar surface area (TPSA) is 63.3 Å². The molecule has 34 heavy (non-hydrogen) atoms. The molecule has 1 amide bonds. The summed E-state index contributed by atoms with van der Waals surface area (Å²) in [4.78, 5) is 21.5. The van der Waals surface area contributed by atoms with Gasteiger partial charge in [-0.1, -0.05) is 17.7 Å². The van der Waals surface area contributed by atoms with Gasteiger partial charge in [0.05, 0.1) is 19.2 Å². The van der Waals surface area contributed by atoms with Gasteiger partial charge in [0.2, 0.25) is 0 Å². The molecule has 1 unspecified atom stereocenters. The molecule has 4 rings (SSSR count). The lowest BCUT2D eigenvalue weighted by Crippen LogP contribution is -2.56. The van der Waals surface area contributed by atoms with Crippen molar-refractivity contribution in [2.45, 2.75) is 45.2 Å². The second-order valence-corrected chi connectivity index (χ2v) is 9.43. The van der Waals surface area contributed by atoms with Gasteiger partial charge in [-0.25, -0.2) is 5.48 Å². The van der Waals surface area contributed by atoms with Crippen LogP contribution in [0.1, 0.15) is 42.0 Å². The minimum Gasteiger partial charge on any atom is -0.495 e. The number of fused-ring (bicyclic) bond motifs is 1. The first kappa shape index (κ1) is 24.6. The number of anilines is 1. The predicted octanol–water partition coefficient (Wildman–Crippen LogP) is 4.44. The van der Waals surface area contributed by atoms with Gasteiger partial charge in [0, 0.05) is 43.5 Å². The highest BCUT2D eigenvalue weighted by atomic mass is 35.5. The van der Waals surface area contributed by atoms with Crippen LogP contribution in [0, 0.1) is 13.8 Å². The number of hydroxylamine groups is 1. The van der Waals surface area contributed by atoms with E-state index in [4.69, 9.17) is 21.1 Å². The first-order valence-electron chi connectivity index (χ1n) is 11.8. The average molecular weight is 488 g/mol. The van der Waals surface area contributed by atoms with E-state index in [1.54, 1.807) is 7.11 Å². The molecular formula is C26H34ClN3O4. The van der Waals surface area contributed by atoms with Gasteiger partial charge in [0.15, 0.2) is 6.61 Å². The number of nitrogens with one attached hydrogen (secondary N) is 1. The number of benzene rings is 2. The van der Waals surface area contributed by atoms with Crippen molar-refractivity contribution in [1.29, 1.82) is 0 Å². The van der Waals surface area contributed by atoms with Crippen molar-refractivity contribution >= 4 is 23.2 Å². The Bertz CT molecular complexity index is 1030. The zero-order chi connectivity index (χ0) is 24.2. The molecule has 2 saturated heterocycles. The van der Waals surface area contributed by atoms with E-state index in [0.29, 0.717) is 17.1 Å². The van der Waals surface area contributed by atoms with E-state index in [0.717, 1.165) is 48.8 Å². The molecule has 7 nitrogen and oxygen atoms in total. The summed E-state index contributed by atoms with van der Waals surface area (Å²) in [6.07, 6.45) is 3.56. The number of carbonyl (C=O) groups is 1. The smallest absolute Gasteiger partial charge is 0.281 e. The normalized spacial score (nSPS) is 20.6. The van der Waals surface area contributed by atoms with E-state index in [2.05, 4.69) is 46.1 Å². The van der Waals surface area contributed by atoms with Gasteiger partial charge in [0.1, 0.15) is 11.5 Å². The van der Waals surface area contributed by atoms with E-state index < -0.39 is 0 Å². The van der Waals surface area contributed by atoms with Gasteiger partial charge in [-0.3, -0.25) is 14.5 Å². The van der Waals surface area contributed by atoms with Crippen molar-refractivity contribution in [1.82, 2.24) is 10.4 Å². The van der Waals surface area contributed by atoms with Crippen molar-refractivity contribution in [3.05, 3.63) is 52.0 Å². The van der Waals surface area contributed by atoms with Gasteiger partial charge in [-0.15, -0.1) is 0 Å². The van der Waals surface area contributed by atoms with E-state index in [9.17, 15) is 4.79 Å². The van der Waals surface area contributed by atoms with Crippen molar-refractivity contribution in [3.63, 3.8) is 0 Å². The number of rotatable bonds is 7. The number of amides is 1. The quantitative estimate of drug-likeness (QED) is 0.583. The number of piperidine rings is 1. The SMILES string of the molecule is CONC(=O)COc1ccc([C@H]2CCCC3CN(c4ccc(Cl)c(OC)c4)CCN32)c(C)c1C. The van der Waals surface area contributed by atoms with Crippen LogP contribution in [0.2, 0.25) is 5.02 Å². The summed E-state index contributed by atoms with van der Waals surface area (Å²) in [5.74, 6) is 1.15. The highest BCUT2D eigenvalue weighted by Crippen LogP contribution is 2.40. The third-order valence-corrected chi connectivity index (χ3v) is 7.47. The number of carbonyl (C=O) groups excluding carboxylic acids is 1. The van der Waals surface area contributed by atoms with Crippen molar-refractivity contribution in [2.24, 2.45) is 0 Å². The molecule has 2 aliphatic rings. The lowest BCUT2D eigenvalue weighted by atomic mass is 9.86. The van der Waals surface area contributed by atoms with Crippen LogP contribution in [0.15, 0.2) is 30.3 Å². The van der Waals surface area contributed by atoms with Gasteiger partial charge in [-0.05, 0) is 68.0 Å². The molecule has 2 aromatic rings. The van der Waals surface area contributed by atoms with E-state index >= 15 is 0 Å². The Balaban J connectivity index is 1.48. The standard InChI is InChI=1S/C26H34ClN3O4/c1-17-18(2)24(34-16-26(31)28-33-4)11-9-21(17)23-7-5-6-20-15-29(12-13-30(20)23)19-8-10-22(27)25(14-19)32-3/h8-11,14,20,23H,5-7,12-13,15-16H2,1-4H3,(H,28,31)/t20?,23-/m1/s1. The Hall–Kier alpha value is -2.48. The summed E-state index contributed by atoms with van der Waals surface area (Å²) in [5.41, 5.74) is 7.12. The molecule has 8 heteroatoms. The zero-order valence-corrected chi connectivity index (χ0v) is 21.2. The average Bonchev–Trinajstić information content (AvgIpc) is 2.85. The molecular weight excluding hydrogens is 454 g/mol. The van der Waals surface area contributed by atoms with Gasteiger partial charge in [-0.2, -0.15) is 0 Å². The van der Waals surface area contributed by atoms with Crippen molar-refractivity contribution in [2.75, 3.05) is 45.4 Å². The van der Waals surface area contributed by atoms with Crippen LogP contribution in [0.3, 0.4) is 0 Å². The number of methoxy groups -OCH3 is 1. The van der Waals surface area contributed by atoms with Gasteiger partial charge in [0.25, 0.3) is 5.91 Å². The maximum absolute atomic E-state index is 11.7. The zero-order valence-electron chi connectivity index (χ0n) is 20.4. The molecule has 1 N–H and O–H groups in total. The van der Waals surface area contributed by atoms with Gasteiger partial charge < -0.3 is 14.4 Å². The number of hydrogen-bond acceptors (Lipinski definition) is 6. The fourth-order valence-electron chi connectivity index (χ4n) is 5.28. The Morgan fingerprint density at radius 3 is 2.68 bits per heavy atom. The summed E-state index contributed by atoms with van der Waals surface area (Å²) in [6, 6.07) is 11.1. The number of ether oxygens (including phenoxy) is 2. The maximum atomic E-state index is 11.7. The van der Waals surface area contributed by atoms with Crippen LogP contribution in [0.5, 0.6) is 11.5 Å². The number of hydrogen-bond donors (Lipinski definition) is 1. The lowest BCUT2D eigenvalue weighted by Gasteiger charge is -2.49. The lowest BCUT2D eigenvalue weighted by molar-refractivity contribution is -0.133. The summed E-state index contributed by atoms with van der Waals surface area (Å²) >= 11 is 6.23. The van der Waals surface area contributed by atoms with Crippen LogP contribution in [0.25, 0.3) is 0 Å². The fraction of sp³-hybridized carbons (Fsp3) is 0.500. The molecule has 0 radical (unpaired) electrons. The molecule has 2 heterocycles. The Morgan fingerprint density at radius 1 is 1.09 bits per heavy atom. The molecule has 0 bridgehead atoms. The fourth-order valence-corrected chi connectivity index (χ4v) is 5.48. The highest BCUT2D eigenvalue weighted by molar-refractivity contribution is 6.32. The first-order chi connectivity index (χ1) is 16.4. The predicted molar refractivity (Wildman–Crippen MR) is 134 cm³/mol. The first-order valence-corrected chi connectivity index (χ1v) is 12.2. The van der Waals surface area contributed by atoms with E-state index in [-0.39, 0.29) is 12.5 Å². The highest BCUT2D eigenvalue weighted by Gasteiger charge is 2.36. The third-order valence-electron chi connectivity index (χ3n) is 7.16. The maximum Gasteiger partial charge on any atom is 0.281 e. The van der Waals surface area contributed by atoms with E-state index in [1.807, 2.05) is 18.2 Å². The van der Waals surface area contributed by atoms with Crippen molar-refractivity contribution in [3.8, 4) is 11.5 Å². The molecule has 0 saturated carbocycles. The summed E-state index contributed by atoms with van der Waals surface area (Å²) < 4.78 is 11.2. The molecule has 184 valence electrons. The Labute approximate surface area is 206 Å². The summed E-state index contributed by atoms with van der Waals surface area (Å²) in [6.45, 7) is 7.12. The molecule has 0 aliphatic carbocycles. The van der Waals surface area contributed by atoms with Crippen LogP contribution in [-0.2, 0) is 9.63 Å². The third kappa shape index (κ3) is 5.11. The molecule has 2 aromatic carbocycles. The van der Waals surface area contributed by atoms with Crippen LogP contribution < -0.4 is 19.9 Å². The molecule has 2 atom stereocenters. The molecule has 0 aromatic heterocycles.